The van der Waals surface area contributed by atoms with Crippen LogP contribution in [0.5, 0.6) is 5.75 Å². The number of benzene rings is 2. The van der Waals surface area contributed by atoms with Gasteiger partial charge in [-0.1, -0.05) is 31.2 Å². The fourth-order valence-electron chi connectivity index (χ4n) is 3.59. The van der Waals surface area contributed by atoms with E-state index in [1.165, 1.54) is 27.5 Å². The molecule has 2 nitrogen and oxygen atoms in total. The summed E-state index contributed by atoms with van der Waals surface area (Å²) in [7, 11) is 1.76. The Hall–Kier alpha value is -1.54. The molecule has 0 unspecified atom stereocenters. The third-order valence-corrected chi connectivity index (χ3v) is 4.32. The molecule has 0 spiro atoms. The van der Waals surface area contributed by atoms with Crippen molar-refractivity contribution < 1.29 is 9.47 Å². The van der Waals surface area contributed by atoms with Crippen LogP contribution in [0.4, 0.5) is 0 Å². The summed E-state index contributed by atoms with van der Waals surface area (Å²) >= 11 is 0. The number of ether oxygens (including phenoxy) is 2. The van der Waals surface area contributed by atoms with E-state index in [9.17, 15) is 0 Å². The maximum atomic E-state index is 6.02. The highest BCUT2D eigenvalue weighted by Gasteiger charge is 2.29. The molecule has 0 bridgehead atoms. The van der Waals surface area contributed by atoms with E-state index in [1.807, 2.05) is 0 Å². The largest absolute Gasteiger partial charge is 0.496 e. The second kappa shape index (κ2) is 5.10. The van der Waals surface area contributed by atoms with E-state index in [1.54, 1.807) is 7.11 Å². The average Bonchev–Trinajstić information content (AvgIpc) is 2.44. The van der Waals surface area contributed by atoms with Gasteiger partial charge in [0.15, 0.2) is 0 Å². The Morgan fingerprint density at radius 2 is 1.90 bits per heavy atom. The number of aryl methyl sites for hydroxylation is 1. The van der Waals surface area contributed by atoms with Gasteiger partial charge in [0, 0.05) is 10.9 Å². The maximum absolute atomic E-state index is 6.02. The van der Waals surface area contributed by atoms with Gasteiger partial charge in [-0.15, -0.1) is 0 Å². The summed E-state index contributed by atoms with van der Waals surface area (Å²) in [6.45, 7) is 6.52. The molecule has 0 radical (unpaired) electrons. The van der Waals surface area contributed by atoms with E-state index < -0.39 is 0 Å². The van der Waals surface area contributed by atoms with Crippen molar-refractivity contribution in [2.75, 3.05) is 7.11 Å². The van der Waals surface area contributed by atoms with Crippen LogP contribution in [0.15, 0.2) is 24.3 Å². The van der Waals surface area contributed by atoms with Crippen molar-refractivity contribution in [3.8, 4) is 5.75 Å². The van der Waals surface area contributed by atoms with E-state index in [-0.39, 0.29) is 12.2 Å². The molecular formula is C18H22O2. The van der Waals surface area contributed by atoms with Gasteiger partial charge < -0.3 is 9.47 Å². The molecule has 0 fully saturated rings. The summed E-state index contributed by atoms with van der Waals surface area (Å²) in [4.78, 5) is 0. The molecule has 1 heterocycles. The highest BCUT2D eigenvalue weighted by molar-refractivity contribution is 5.94. The van der Waals surface area contributed by atoms with E-state index in [0.29, 0.717) is 0 Å². The standard InChI is InChI=1S/C18H22O2/c1-5-13-14-8-6-7-9-15(14)18(19-4)17-12(3)20-11(2)10-16(13)17/h6-9,11-12H,5,10H2,1-4H3/t11-,12+/m0/s1. The molecule has 2 atom stereocenters. The summed E-state index contributed by atoms with van der Waals surface area (Å²) in [5.74, 6) is 0.993. The molecule has 0 aliphatic carbocycles. The zero-order valence-electron chi connectivity index (χ0n) is 12.7. The van der Waals surface area contributed by atoms with Crippen LogP contribution in [-0.4, -0.2) is 13.2 Å². The molecule has 0 N–H and O–H groups in total. The second-order valence-corrected chi connectivity index (χ2v) is 5.60. The summed E-state index contributed by atoms with van der Waals surface area (Å²) in [6, 6.07) is 8.55. The molecule has 2 heteroatoms. The van der Waals surface area contributed by atoms with Gasteiger partial charge in [-0.25, -0.2) is 0 Å². The Kier molecular flexibility index (Phi) is 3.43. The Balaban J connectivity index is 2.42. The van der Waals surface area contributed by atoms with Crippen molar-refractivity contribution in [2.45, 2.75) is 45.8 Å². The fourth-order valence-corrected chi connectivity index (χ4v) is 3.59. The first kappa shape index (κ1) is 13.4. The van der Waals surface area contributed by atoms with Crippen LogP contribution in [0.1, 0.15) is 43.6 Å². The molecular weight excluding hydrogens is 248 g/mol. The molecule has 2 aromatic rings. The van der Waals surface area contributed by atoms with E-state index in [0.717, 1.165) is 18.6 Å². The smallest absolute Gasteiger partial charge is 0.132 e. The highest BCUT2D eigenvalue weighted by Crippen LogP contribution is 2.44. The topological polar surface area (TPSA) is 18.5 Å². The number of hydrogen-bond acceptors (Lipinski definition) is 2. The summed E-state index contributed by atoms with van der Waals surface area (Å²) in [6.07, 6.45) is 2.39. The lowest BCUT2D eigenvalue weighted by Gasteiger charge is -2.32. The van der Waals surface area contributed by atoms with Gasteiger partial charge in [0.05, 0.1) is 19.3 Å². The van der Waals surface area contributed by atoms with Gasteiger partial charge >= 0.3 is 0 Å². The first-order valence-electron chi connectivity index (χ1n) is 7.43. The van der Waals surface area contributed by atoms with E-state index >= 15 is 0 Å². The van der Waals surface area contributed by atoms with E-state index in [2.05, 4.69) is 45.0 Å². The fraction of sp³-hybridized carbons (Fsp3) is 0.444. The average molecular weight is 270 g/mol. The van der Waals surface area contributed by atoms with Crippen LogP contribution in [0.3, 0.4) is 0 Å². The van der Waals surface area contributed by atoms with Gasteiger partial charge in [-0.3, -0.25) is 0 Å². The van der Waals surface area contributed by atoms with Crippen LogP contribution in [0.25, 0.3) is 10.8 Å². The lowest BCUT2D eigenvalue weighted by atomic mass is 9.85. The zero-order chi connectivity index (χ0) is 14.3. The van der Waals surface area contributed by atoms with Gasteiger partial charge in [0.1, 0.15) is 5.75 Å². The number of rotatable bonds is 2. The summed E-state index contributed by atoms with van der Waals surface area (Å²) < 4.78 is 11.8. The summed E-state index contributed by atoms with van der Waals surface area (Å²) in [5, 5.41) is 2.53. The van der Waals surface area contributed by atoms with Crippen molar-refractivity contribution in [3.63, 3.8) is 0 Å². The van der Waals surface area contributed by atoms with Crippen molar-refractivity contribution in [2.24, 2.45) is 0 Å². The molecule has 0 saturated heterocycles. The van der Waals surface area contributed by atoms with Crippen LogP contribution >= 0.6 is 0 Å². The molecule has 3 rings (SSSR count). The third-order valence-electron chi connectivity index (χ3n) is 4.32. The molecule has 20 heavy (non-hydrogen) atoms. The highest BCUT2D eigenvalue weighted by atomic mass is 16.5. The third kappa shape index (κ3) is 1.90. The molecule has 2 aromatic carbocycles. The predicted octanol–water partition coefficient (Wildman–Crippen LogP) is 4.43. The minimum atomic E-state index is 0.0959. The lowest BCUT2D eigenvalue weighted by Crippen LogP contribution is -2.24. The Bertz CT molecular complexity index is 645. The molecule has 0 saturated carbocycles. The van der Waals surface area contributed by atoms with Gasteiger partial charge in [-0.2, -0.15) is 0 Å². The Labute approximate surface area is 120 Å². The first-order chi connectivity index (χ1) is 9.67. The Morgan fingerprint density at radius 1 is 1.20 bits per heavy atom. The number of methoxy groups -OCH3 is 1. The molecule has 0 amide bonds. The minimum absolute atomic E-state index is 0.0959. The van der Waals surface area contributed by atoms with Gasteiger partial charge in [0.2, 0.25) is 0 Å². The molecule has 0 aromatic heterocycles. The van der Waals surface area contributed by atoms with Crippen LogP contribution in [0.2, 0.25) is 0 Å². The summed E-state index contributed by atoms with van der Waals surface area (Å²) in [5.41, 5.74) is 4.15. The van der Waals surface area contributed by atoms with Crippen LogP contribution < -0.4 is 4.74 Å². The minimum Gasteiger partial charge on any atom is -0.496 e. The molecule has 106 valence electrons. The van der Waals surface area contributed by atoms with Crippen molar-refractivity contribution in [1.29, 1.82) is 0 Å². The normalized spacial score (nSPS) is 21.8. The lowest BCUT2D eigenvalue weighted by molar-refractivity contribution is -0.00608. The first-order valence-corrected chi connectivity index (χ1v) is 7.43. The van der Waals surface area contributed by atoms with Crippen LogP contribution in [0, 0.1) is 0 Å². The van der Waals surface area contributed by atoms with Crippen molar-refractivity contribution in [1.82, 2.24) is 0 Å². The quantitative estimate of drug-likeness (QED) is 0.803. The zero-order valence-corrected chi connectivity index (χ0v) is 12.7. The SMILES string of the molecule is CCc1c2c(c(OC)c3ccccc13)[C@@H](C)O[C@@H](C)C2. The monoisotopic (exact) mass is 270 g/mol. The number of hydrogen-bond donors (Lipinski definition) is 0. The van der Waals surface area contributed by atoms with Crippen molar-refractivity contribution >= 4 is 10.8 Å². The maximum Gasteiger partial charge on any atom is 0.132 e. The Morgan fingerprint density at radius 3 is 2.55 bits per heavy atom. The molecule has 1 aliphatic heterocycles. The molecule has 1 aliphatic rings. The number of fused-ring (bicyclic) bond motifs is 2. The van der Waals surface area contributed by atoms with Gasteiger partial charge in [0.25, 0.3) is 0 Å². The van der Waals surface area contributed by atoms with Crippen LogP contribution in [-0.2, 0) is 17.6 Å². The second-order valence-electron chi connectivity index (χ2n) is 5.60. The van der Waals surface area contributed by atoms with Gasteiger partial charge in [-0.05, 0) is 43.2 Å². The van der Waals surface area contributed by atoms with Crippen molar-refractivity contribution in [3.05, 3.63) is 41.0 Å². The predicted molar refractivity (Wildman–Crippen MR) is 82.5 cm³/mol. The van der Waals surface area contributed by atoms with E-state index in [4.69, 9.17) is 9.47 Å².